The molecule has 0 aromatic heterocycles. The lowest BCUT2D eigenvalue weighted by molar-refractivity contribution is 0.286. The molecule has 1 fully saturated rings. The fourth-order valence-electron chi connectivity index (χ4n) is 3.47. The molecule has 0 saturated heterocycles. The van der Waals surface area contributed by atoms with Crippen LogP contribution in [0.5, 0.6) is 5.75 Å². The number of hydrogen-bond acceptors (Lipinski definition) is 2. The minimum Gasteiger partial charge on any atom is -0.495 e. The monoisotopic (exact) mass is 325 g/mol. The Labute approximate surface area is 124 Å². The van der Waals surface area contributed by atoms with E-state index in [1.807, 2.05) is 0 Å². The highest BCUT2D eigenvalue weighted by atomic mass is 79.9. The zero-order valence-corrected chi connectivity index (χ0v) is 13.8. The summed E-state index contributed by atoms with van der Waals surface area (Å²) in [6, 6.07) is 2.14. The quantitative estimate of drug-likeness (QED) is 0.902. The standard InChI is InChI=1S/C16H24BrNO/c1-11-9-13(17)15(19-3)14(12(11)2)16(10-18)7-5-4-6-8-16/h9H,4-8,10,18H2,1-3H3. The van der Waals surface area contributed by atoms with Gasteiger partial charge in [0.2, 0.25) is 0 Å². The van der Waals surface area contributed by atoms with Gasteiger partial charge in [-0.3, -0.25) is 0 Å². The number of rotatable bonds is 3. The van der Waals surface area contributed by atoms with Crippen molar-refractivity contribution in [2.75, 3.05) is 13.7 Å². The van der Waals surface area contributed by atoms with Crippen LogP contribution in [0.1, 0.15) is 48.8 Å². The van der Waals surface area contributed by atoms with Crippen molar-refractivity contribution in [1.82, 2.24) is 0 Å². The summed E-state index contributed by atoms with van der Waals surface area (Å²) in [5.41, 5.74) is 10.3. The first-order chi connectivity index (χ1) is 9.05. The third kappa shape index (κ3) is 2.55. The summed E-state index contributed by atoms with van der Waals surface area (Å²) in [7, 11) is 1.76. The Morgan fingerprint density at radius 1 is 1.26 bits per heavy atom. The first-order valence-electron chi connectivity index (χ1n) is 7.10. The lowest BCUT2D eigenvalue weighted by atomic mass is 9.67. The van der Waals surface area contributed by atoms with Gasteiger partial charge in [0.15, 0.2) is 0 Å². The van der Waals surface area contributed by atoms with E-state index in [2.05, 4.69) is 35.8 Å². The van der Waals surface area contributed by atoms with Gasteiger partial charge in [-0.25, -0.2) is 0 Å². The summed E-state index contributed by atoms with van der Waals surface area (Å²) in [5.74, 6) is 0.982. The minimum atomic E-state index is 0.0994. The number of methoxy groups -OCH3 is 1. The predicted molar refractivity (Wildman–Crippen MR) is 84.0 cm³/mol. The number of ether oxygens (including phenoxy) is 1. The van der Waals surface area contributed by atoms with Crippen molar-refractivity contribution in [3.63, 3.8) is 0 Å². The lowest BCUT2D eigenvalue weighted by Gasteiger charge is -2.39. The van der Waals surface area contributed by atoms with Crippen molar-refractivity contribution in [3.8, 4) is 5.75 Å². The highest BCUT2D eigenvalue weighted by molar-refractivity contribution is 9.10. The van der Waals surface area contributed by atoms with Crippen LogP contribution in [0.15, 0.2) is 10.5 Å². The third-order valence-electron chi connectivity index (χ3n) is 4.69. The van der Waals surface area contributed by atoms with Crippen LogP contribution in [-0.4, -0.2) is 13.7 Å². The van der Waals surface area contributed by atoms with E-state index in [1.54, 1.807) is 7.11 Å². The average molecular weight is 326 g/mol. The fraction of sp³-hybridized carbons (Fsp3) is 0.625. The number of aryl methyl sites for hydroxylation is 1. The van der Waals surface area contributed by atoms with E-state index in [1.165, 1.54) is 48.8 Å². The van der Waals surface area contributed by atoms with Gasteiger partial charge in [0, 0.05) is 17.5 Å². The normalized spacial score (nSPS) is 18.4. The third-order valence-corrected chi connectivity index (χ3v) is 5.28. The Morgan fingerprint density at radius 2 is 1.89 bits per heavy atom. The predicted octanol–water partition coefficient (Wildman–Crippen LogP) is 4.24. The van der Waals surface area contributed by atoms with Crippen LogP contribution < -0.4 is 10.5 Å². The first-order valence-corrected chi connectivity index (χ1v) is 7.89. The highest BCUT2D eigenvalue weighted by Crippen LogP contribution is 2.47. The van der Waals surface area contributed by atoms with Crippen molar-refractivity contribution in [3.05, 3.63) is 27.2 Å². The molecule has 0 unspecified atom stereocenters. The second kappa shape index (κ2) is 5.84. The van der Waals surface area contributed by atoms with E-state index in [0.717, 1.165) is 10.2 Å². The summed E-state index contributed by atoms with van der Waals surface area (Å²) in [5, 5.41) is 0. The first kappa shape index (κ1) is 14.9. The Kier molecular flexibility index (Phi) is 4.57. The topological polar surface area (TPSA) is 35.2 Å². The Hall–Kier alpha value is -0.540. The largest absolute Gasteiger partial charge is 0.495 e. The molecule has 1 aromatic carbocycles. The second-order valence-electron chi connectivity index (χ2n) is 5.75. The van der Waals surface area contributed by atoms with Gasteiger partial charge in [-0.15, -0.1) is 0 Å². The molecule has 1 aliphatic carbocycles. The van der Waals surface area contributed by atoms with Gasteiger partial charge < -0.3 is 10.5 Å². The smallest absolute Gasteiger partial charge is 0.137 e. The molecular weight excluding hydrogens is 302 g/mol. The van der Waals surface area contributed by atoms with Gasteiger partial charge in [-0.05, 0) is 59.8 Å². The maximum absolute atomic E-state index is 6.19. The Morgan fingerprint density at radius 3 is 2.42 bits per heavy atom. The van der Waals surface area contributed by atoms with Crippen molar-refractivity contribution >= 4 is 15.9 Å². The highest BCUT2D eigenvalue weighted by Gasteiger charge is 2.37. The van der Waals surface area contributed by atoms with Gasteiger partial charge in [0.05, 0.1) is 11.6 Å². The molecule has 19 heavy (non-hydrogen) atoms. The Bertz CT molecular complexity index is 464. The maximum Gasteiger partial charge on any atom is 0.137 e. The van der Waals surface area contributed by atoms with Gasteiger partial charge in [-0.1, -0.05) is 19.3 Å². The van der Waals surface area contributed by atoms with Gasteiger partial charge in [0.1, 0.15) is 5.75 Å². The summed E-state index contributed by atoms with van der Waals surface area (Å²) in [6.07, 6.45) is 6.22. The molecule has 106 valence electrons. The molecule has 1 aromatic rings. The van der Waals surface area contributed by atoms with Crippen LogP contribution in [-0.2, 0) is 5.41 Å². The number of benzene rings is 1. The number of nitrogens with two attached hydrogens (primary N) is 1. The van der Waals surface area contributed by atoms with Crippen LogP contribution in [0.25, 0.3) is 0 Å². The van der Waals surface area contributed by atoms with E-state index >= 15 is 0 Å². The van der Waals surface area contributed by atoms with Crippen LogP contribution in [0, 0.1) is 13.8 Å². The zero-order valence-electron chi connectivity index (χ0n) is 12.2. The van der Waals surface area contributed by atoms with Crippen molar-refractivity contribution in [2.24, 2.45) is 5.73 Å². The van der Waals surface area contributed by atoms with Gasteiger partial charge in [-0.2, -0.15) is 0 Å². The molecule has 0 heterocycles. The second-order valence-corrected chi connectivity index (χ2v) is 6.61. The van der Waals surface area contributed by atoms with Crippen LogP contribution in [0.2, 0.25) is 0 Å². The minimum absolute atomic E-state index is 0.0994. The Balaban J connectivity index is 2.64. The van der Waals surface area contributed by atoms with E-state index in [9.17, 15) is 0 Å². The summed E-state index contributed by atoms with van der Waals surface area (Å²) < 4.78 is 6.74. The molecule has 3 heteroatoms. The van der Waals surface area contributed by atoms with Crippen molar-refractivity contribution in [2.45, 2.75) is 51.4 Å². The molecule has 0 radical (unpaired) electrons. The van der Waals surface area contributed by atoms with Crippen molar-refractivity contribution < 1.29 is 4.74 Å². The summed E-state index contributed by atoms with van der Waals surface area (Å²) in [4.78, 5) is 0. The van der Waals surface area contributed by atoms with E-state index in [4.69, 9.17) is 10.5 Å². The SMILES string of the molecule is COc1c(Br)cc(C)c(C)c1C1(CN)CCCCC1. The molecule has 0 bridgehead atoms. The van der Waals surface area contributed by atoms with Crippen molar-refractivity contribution in [1.29, 1.82) is 0 Å². The molecule has 2 nitrogen and oxygen atoms in total. The molecule has 0 atom stereocenters. The molecule has 1 aliphatic rings. The van der Waals surface area contributed by atoms with Crippen LogP contribution in [0.4, 0.5) is 0 Å². The molecule has 2 rings (SSSR count). The number of hydrogen-bond donors (Lipinski definition) is 1. The molecule has 0 spiro atoms. The van der Waals surface area contributed by atoms with Gasteiger partial charge >= 0.3 is 0 Å². The molecule has 0 amide bonds. The maximum atomic E-state index is 6.19. The molecule has 0 aliphatic heterocycles. The summed E-state index contributed by atoms with van der Waals surface area (Å²) in [6.45, 7) is 5.07. The molecular formula is C16H24BrNO. The average Bonchev–Trinajstić information content (AvgIpc) is 2.43. The van der Waals surface area contributed by atoms with E-state index in [0.29, 0.717) is 6.54 Å². The van der Waals surface area contributed by atoms with E-state index < -0.39 is 0 Å². The number of halogens is 1. The van der Waals surface area contributed by atoms with Crippen LogP contribution >= 0.6 is 15.9 Å². The fourth-order valence-corrected chi connectivity index (χ4v) is 4.18. The zero-order chi connectivity index (χ0) is 14.0. The van der Waals surface area contributed by atoms with E-state index in [-0.39, 0.29) is 5.41 Å². The van der Waals surface area contributed by atoms with Gasteiger partial charge in [0.25, 0.3) is 0 Å². The lowest BCUT2D eigenvalue weighted by Crippen LogP contribution is -2.38. The molecule has 2 N–H and O–H groups in total. The summed E-state index contributed by atoms with van der Waals surface area (Å²) >= 11 is 3.65. The van der Waals surface area contributed by atoms with Crippen LogP contribution in [0.3, 0.4) is 0 Å². The molecule has 1 saturated carbocycles.